The zero-order valence-electron chi connectivity index (χ0n) is 12.0. The van der Waals surface area contributed by atoms with Crippen molar-refractivity contribution in [1.29, 1.82) is 0 Å². The predicted molar refractivity (Wildman–Crippen MR) is 90.4 cm³/mol. The van der Waals surface area contributed by atoms with Crippen molar-refractivity contribution in [2.75, 3.05) is 14.2 Å². The molecule has 0 amide bonds. The van der Waals surface area contributed by atoms with Crippen LogP contribution >= 0.6 is 31.9 Å². The van der Waals surface area contributed by atoms with Crippen LogP contribution in [0.4, 0.5) is 4.39 Å². The van der Waals surface area contributed by atoms with Crippen molar-refractivity contribution in [3.8, 4) is 5.75 Å². The molecule has 0 radical (unpaired) electrons. The molecule has 0 fully saturated rings. The summed E-state index contributed by atoms with van der Waals surface area (Å²) in [7, 11) is 3.42. The van der Waals surface area contributed by atoms with Crippen LogP contribution in [0.2, 0.25) is 0 Å². The molecule has 0 bridgehead atoms. The summed E-state index contributed by atoms with van der Waals surface area (Å²) in [6.07, 6.45) is 0. The maximum absolute atomic E-state index is 14.3. The van der Waals surface area contributed by atoms with E-state index in [2.05, 4.69) is 37.2 Å². The van der Waals surface area contributed by atoms with Gasteiger partial charge >= 0.3 is 0 Å². The van der Waals surface area contributed by atoms with Crippen molar-refractivity contribution in [2.24, 2.45) is 0 Å². The maximum atomic E-state index is 14.3. The molecule has 0 aliphatic carbocycles. The summed E-state index contributed by atoms with van der Waals surface area (Å²) in [6.45, 7) is 1.99. The highest BCUT2D eigenvalue weighted by atomic mass is 79.9. The van der Waals surface area contributed by atoms with Gasteiger partial charge in [0, 0.05) is 20.1 Å². The van der Waals surface area contributed by atoms with Gasteiger partial charge in [-0.05, 0) is 43.8 Å². The zero-order valence-corrected chi connectivity index (χ0v) is 15.2. The van der Waals surface area contributed by atoms with Crippen molar-refractivity contribution in [3.05, 3.63) is 61.8 Å². The SMILES string of the molecule is CNC(c1cc(Br)c(C)cc1OC)c1c(F)cccc1Br. The van der Waals surface area contributed by atoms with Gasteiger partial charge in [-0.25, -0.2) is 4.39 Å². The number of rotatable bonds is 4. The number of hydrogen-bond acceptors (Lipinski definition) is 2. The highest BCUT2D eigenvalue weighted by Crippen LogP contribution is 2.37. The minimum atomic E-state index is -0.313. The number of hydrogen-bond donors (Lipinski definition) is 1. The molecule has 1 atom stereocenters. The van der Waals surface area contributed by atoms with Crippen molar-refractivity contribution in [2.45, 2.75) is 13.0 Å². The van der Waals surface area contributed by atoms with E-state index in [1.165, 1.54) is 6.07 Å². The lowest BCUT2D eigenvalue weighted by molar-refractivity contribution is 0.404. The molecule has 0 aliphatic heterocycles. The lowest BCUT2D eigenvalue weighted by atomic mass is 9.96. The summed E-state index contributed by atoms with van der Waals surface area (Å²) < 4.78 is 21.4. The molecule has 1 unspecified atom stereocenters. The van der Waals surface area contributed by atoms with Crippen molar-refractivity contribution < 1.29 is 9.13 Å². The second-order valence-electron chi connectivity index (χ2n) is 4.70. The van der Waals surface area contributed by atoms with Gasteiger partial charge in [-0.3, -0.25) is 0 Å². The van der Waals surface area contributed by atoms with E-state index in [1.54, 1.807) is 20.2 Å². The molecule has 2 aromatic rings. The lowest BCUT2D eigenvalue weighted by Gasteiger charge is -2.22. The molecule has 2 rings (SSSR count). The van der Waals surface area contributed by atoms with Crippen molar-refractivity contribution in [1.82, 2.24) is 5.32 Å². The summed E-state index contributed by atoms with van der Waals surface area (Å²) >= 11 is 6.96. The van der Waals surface area contributed by atoms with Crippen LogP contribution < -0.4 is 10.1 Å². The number of nitrogens with one attached hydrogen (secondary N) is 1. The number of methoxy groups -OCH3 is 1. The first-order valence-corrected chi connectivity index (χ1v) is 8.03. The molecule has 2 aromatic carbocycles. The molecule has 5 heteroatoms. The van der Waals surface area contributed by atoms with E-state index in [0.29, 0.717) is 5.56 Å². The number of aryl methyl sites for hydroxylation is 1. The normalized spacial score (nSPS) is 12.3. The fraction of sp³-hybridized carbons (Fsp3) is 0.250. The summed E-state index contributed by atoms with van der Waals surface area (Å²) in [5.41, 5.74) is 2.51. The van der Waals surface area contributed by atoms with E-state index in [4.69, 9.17) is 4.74 Å². The van der Waals surface area contributed by atoms with Gasteiger partial charge in [-0.2, -0.15) is 0 Å². The fourth-order valence-electron chi connectivity index (χ4n) is 2.31. The Morgan fingerprint density at radius 1 is 1.19 bits per heavy atom. The standard InChI is InChI=1S/C16H16Br2FNO/c1-9-7-14(21-3)10(8-12(9)18)16(20-2)15-11(17)5-4-6-13(15)19/h4-8,16,20H,1-3H3. The second kappa shape index (κ2) is 6.90. The summed E-state index contributed by atoms with van der Waals surface area (Å²) in [4.78, 5) is 0. The summed E-state index contributed by atoms with van der Waals surface area (Å²) in [5.74, 6) is 0.465. The third-order valence-corrected chi connectivity index (χ3v) is 4.94. The minimum Gasteiger partial charge on any atom is -0.496 e. The van der Waals surface area contributed by atoms with Gasteiger partial charge in [-0.1, -0.05) is 37.9 Å². The Morgan fingerprint density at radius 2 is 1.90 bits per heavy atom. The fourth-order valence-corrected chi connectivity index (χ4v) is 3.25. The van der Waals surface area contributed by atoms with Crippen LogP contribution in [0.5, 0.6) is 5.75 Å². The summed E-state index contributed by atoms with van der Waals surface area (Å²) in [5, 5.41) is 3.17. The molecule has 21 heavy (non-hydrogen) atoms. The van der Waals surface area contributed by atoms with Crippen LogP contribution in [0, 0.1) is 12.7 Å². The monoisotopic (exact) mass is 415 g/mol. The van der Waals surface area contributed by atoms with E-state index in [1.807, 2.05) is 25.1 Å². The minimum absolute atomic E-state index is 0.262. The van der Waals surface area contributed by atoms with Gasteiger partial charge < -0.3 is 10.1 Å². The van der Waals surface area contributed by atoms with E-state index < -0.39 is 0 Å². The van der Waals surface area contributed by atoms with E-state index >= 15 is 0 Å². The van der Waals surface area contributed by atoms with Crippen LogP contribution in [0.3, 0.4) is 0 Å². The van der Waals surface area contributed by atoms with Gasteiger partial charge in [0.25, 0.3) is 0 Å². The highest BCUT2D eigenvalue weighted by molar-refractivity contribution is 9.10. The molecule has 112 valence electrons. The molecule has 0 heterocycles. The molecule has 0 saturated heterocycles. The molecule has 1 N–H and O–H groups in total. The summed E-state index contributed by atoms with van der Waals surface area (Å²) in [6, 6.07) is 8.57. The Balaban J connectivity index is 2.64. The Kier molecular flexibility index (Phi) is 5.41. The second-order valence-corrected chi connectivity index (χ2v) is 6.41. The van der Waals surface area contributed by atoms with Crippen molar-refractivity contribution in [3.63, 3.8) is 0 Å². The van der Waals surface area contributed by atoms with Crippen LogP contribution in [-0.4, -0.2) is 14.2 Å². The Bertz CT molecular complexity index is 641. The Labute approximate surface area is 141 Å². The first-order chi connectivity index (χ1) is 9.99. The first kappa shape index (κ1) is 16.5. The number of ether oxygens (including phenoxy) is 1. The average molecular weight is 417 g/mol. The van der Waals surface area contributed by atoms with Crippen LogP contribution in [-0.2, 0) is 0 Å². The maximum Gasteiger partial charge on any atom is 0.129 e. The first-order valence-electron chi connectivity index (χ1n) is 6.44. The smallest absolute Gasteiger partial charge is 0.129 e. The van der Waals surface area contributed by atoms with Gasteiger partial charge in [0.2, 0.25) is 0 Å². The molecular formula is C16H16Br2FNO. The molecule has 0 aliphatic rings. The lowest BCUT2D eigenvalue weighted by Crippen LogP contribution is -2.20. The van der Waals surface area contributed by atoms with Crippen LogP contribution in [0.25, 0.3) is 0 Å². The third-order valence-electron chi connectivity index (χ3n) is 3.40. The topological polar surface area (TPSA) is 21.3 Å². The zero-order chi connectivity index (χ0) is 15.6. The Hall–Kier alpha value is -0.910. The number of halogens is 3. The molecule has 0 aromatic heterocycles. The third kappa shape index (κ3) is 3.30. The van der Waals surface area contributed by atoms with E-state index in [-0.39, 0.29) is 11.9 Å². The van der Waals surface area contributed by atoms with Crippen molar-refractivity contribution >= 4 is 31.9 Å². The molecule has 0 saturated carbocycles. The molecule has 2 nitrogen and oxygen atoms in total. The van der Waals surface area contributed by atoms with Gasteiger partial charge in [0.15, 0.2) is 0 Å². The highest BCUT2D eigenvalue weighted by Gasteiger charge is 2.23. The largest absolute Gasteiger partial charge is 0.496 e. The Morgan fingerprint density at radius 3 is 2.48 bits per heavy atom. The number of benzene rings is 2. The van der Waals surface area contributed by atoms with Crippen LogP contribution in [0.1, 0.15) is 22.7 Å². The van der Waals surface area contributed by atoms with Gasteiger partial charge in [0.05, 0.1) is 13.2 Å². The molecule has 0 spiro atoms. The average Bonchev–Trinajstić information content (AvgIpc) is 2.46. The predicted octanol–water partition coefficient (Wildman–Crippen LogP) is 4.98. The molecular weight excluding hydrogens is 401 g/mol. The van der Waals surface area contributed by atoms with Gasteiger partial charge in [-0.15, -0.1) is 0 Å². The quantitative estimate of drug-likeness (QED) is 0.759. The van der Waals surface area contributed by atoms with E-state index in [0.717, 1.165) is 25.8 Å². The van der Waals surface area contributed by atoms with Crippen LogP contribution in [0.15, 0.2) is 39.3 Å². The van der Waals surface area contributed by atoms with E-state index in [9.17, 15) is 4.39 Å². The van der Waals surface area contributed by atoms with Gasteiger partial charge in [0.1, 0.15) is 11.6 Å².